The third kappa shape index (κ3) is 3.43. The van der Waals surface area contributed by atoms with Crippen LogP contribution in [0.1, 0.15) is 29.0 Å². The zero-order valence-electron chi connectivity index (χ0n) is 14.1. The van der Waals surface area contributed by atoms with Gasteiger partial charge in [-0.15, -0.1) is 0 Å². The van der Waals surface area contributed by atoms with Crippen LogP contribution in [-0.2, 0) is 9.59 Å². The van der Waals surface area contributed by atoms with Crippen LogP contribution in [-0.4, -0.2) is 28.0 Å². The number of aryl methyl sites for hydroxylation is 2. The summed E-state index contributed by atoms with van der Waals surface area (Å²) >= 11 is 1.25. The number of aromatic nitrogens is 2. The number of carbonyl (C=O) groups is 2. The predicted octanol–water partition coefficient (Wildman–Crippen LogP) is 2.17. The maximum absolute atomic E-state index is 12.7. The Hall–Kier alpha value is -2.61. The fourth-order valence-electron chi connectivity index (χ4n) is 2.72. The first-order chi connectivity index (χ1) is 11.9. The molecule has 1 aliphatic heterocycles. The van der Waals surface area contributed by atoms with Crippen molar-refractivity contribution in [2.75, 3.05) is 16.9 Å². The van der Waals surface area contributed by atoms with Gasteiger partial charge in [-0.25, -0.2) is 4.98 Å². The van der Waals surface area contributed by atoms with Gasteiger partial charge >= 0.3 is 0 Å². The van der Waals surface area contributed by atoms with E-state index >= 15 is 0 Å². The first-order valence-corrected chi connectivity index (χ1v) is 8.97. The minimum Gasteiger partial charge on any atom is -0.326 e. The van der Waals surface area contributed by atoms with Gasteiger partial charge in [-0.05, 0) is 43.4 Å². The highest BCUT2D eigenvalue weighted by Crippen LogP contribution is 2.30. The smallest absolute Gasteiger partial charge is 0.257 e. The molecular formula is C17H18N4O3S. The molecule has 0 spiro atoms. The average Bonchev–Trinajstić information content (AvgIpc) is 2.56. The molecule has 0 saturated carbocycles. The Kier molecular flexibility index (Phi) is 4.63. The summed E-state index contributed by atoms with van der Waals surface area (Å²) in [5, 5.41) is 5.76. The molecule has 8 heteroatoms. The largest absolute Gasteiger partial charge is 0.326 e. The summed E-state index contributed by atoms with van der Waals surface area (Å²) in [5.74, 6) is -1.46. The summed E-state index contributed by atoms with van der Waals surface area (Å²) in [7, 11) is 0. The summed E-state index contributed by atoms with van der Waals surface area (Å²) in [4.78, 5) is 43.9. The lowest BCUT2D eigenvalue weighted by atomic mass is 9.92. The number of anilines is 2. The fraction of sp³-hybridized carbons (Fsp3) is 0.294. The lowest BCUT2D eigenvalue weighted by molar-refractivity contribution is -0.123. The van der Waals surface area contributed by atoms with Crippen LogP contribution in [0.5, 0.6) is 0 Å². The molecular weight excluding hydrogens is 340 g/mol. The maximum Gasteiger partial charge on any atom is 0.257 e. The van der Waals surface area contributed by atoms with Crippen molar-refractivity contribution in [2.45, 2.75) is 31.3 Å². The van der Waals surface area contributed by atoms with Crippen LogP contribution in [0.4, 0.5) is 11.5 Å². The number of nitrogens with zero attached hydrogens (tertiary/aromatic N) is 1. The quantitative estimate of drug-likeness (QED) is 0.576. The van der Waals surface area contributed by atoms with Crippen LogP contribution in [0.2, 0.25) is 0 Å². The number of rotatable bonds is 3. The zero-order chi connectivity index (χ0) is 18.1. The maximum atomic E-state index is 12.7. The van der Waals surface area contributed by atoms with Crippen molar-refractivity contribution in [3.8, 4) is 0 Å². The molecule has 3 rings (SSSR count). The highest BCUT2D eigenvalue weighted by Gasteiger charge is 2.34. The molecule has 0 bridgehead atoms. The molecule has 2 amide bonds. The molecule has 2 heterocycles. The van der Waals surface area contributed by atoms with Crippen LogP contribution in [0.15, 0.2) is 28.2 Å². The van der Waals surface area contributed by atoms with Crippen molar-refractivity contribution >= 4 is 35.1 Å². The van der Waals surface area contributed by atoms with Crippen molar-refractivity contribution in [1.29, 1.82) is 0 Å². The second kappa shape index (κ2) is 6.72. The minimum atomic E-state index is -0.877. The highest BCUT2D eigenvalue weighted by molar-refractivity contribution is 7.98. The monoisotopic (exact) mass is 358 g/mol. The van der Waals surface area contributed by atoms with Gasteiger partial charge in [-0.2, -0.15) is 0 Å². The molecule has 0 fully saturated rings. The molecule has 1 aromatic heterocycles. The molecule has 0 radical (unpaired) electrons. The topological polar surface area (TPSA) is 104 Å². The third-order valence-corrected chi connectivity index (χ3v) is 4.79. The molecule has 1 atom stereocenters. The van der Waals surface area contributed by atoms with E-state index in [2.05, 4.69) is 20.6 Å². The number of hydrogen-bond acceptors (Lipinski definition) is 5. The predicted molar refractivity (Wildman–Crippen MR) is 97.2 cm³/mol. The van der Waals surface area contributed by atoms with Crippen LogP contribution in [0.3, 0.4) is 0 Å². The zero-order valence-corrected chi connectivity index (χ0v) is 14.9. The standard InChI is InChI=1S/C17H18N4O3S/c1-8-4-5-10(6-9(8)2)18-15(23)11-7-12(22)19-14-13(11)16(24)21-17(20-14)25-3/h4-6,11H,7H2,1-3H3,(H,18,23)(H2,19,20,21,22,24). The number of carbonyl (C=O) groups excluding carboxylic acids is 2. The fourth-order valence-corrected chi connectivity index (χ4v) is 3.10. The van der Waals surface area contributed by atoms with E-state index in [0.29, 0.717) is 10.8 Å². The van der Waals surface area contributed by atoms with Gasteiger partial charge in [-0.3, -0.25) is 14.4 Å². The third-order valence-electron chi connectivity index (χ3n) is 4.21. The van der Waals surface area contributed by atoms with E-state index in [1.807, 2.05) is 26.0 Å². The minimum absolute atomic E-state index is 0.0902. The van der Waals surface area contributed by atoms with Crippen molar-refractivity contribution in [3.63, 3.8) is 0 Å². The van der Waals surface area contributed by atoms with Crippen LogP contribution in [0.25, 0.3) is 0 Å². The van der Waals surface area contributed by atoms with Crippen molar-refractivity contribution in [3.05, 3.63) is 45.2 Å². The van der Waals surface area contributed by atoms with Gasteiger partial charge in [0.1, 0.15) is 5.82 Å². The summed E-state index contributed by atoms with van der Waals surface area (Å²) in [6.45, 7) is 3.93. The molecule has 0 aliphatic carbocycles. The summed E-state index contributed by atoms with van der Waals surface area (Å²) in [6.07, 6.45) is 1.67. The molecule has 1 unspecified atom stereocenters. The van der Waals surface area contributed by atoms with E-state index in [1.54, 1.807) is 12.3 Å². The highest BCUT2D eigenvalue weighted by atomic mass is 32.2. The van der Waals surface area contributed by atoms with Gasteiger partial charge in [0.25, 0.3) is 5.56 Å². The number of fused-ring (bicyclic) bond motifs is 1. The second-order valence-corrected chi connectivity index (χ2v) is 6.73. The first kappa shape index (κ1) is 17.2. The molecule has 25 heavy (non-hydrogen) atoms. The van der Waals surface area contributed by atoms with Gasteiger partial charge in [0, 0.05) is 12.1 Å². The number of hydrogen-bond donors (Lipinski definition) is 3. The normalized spacial score (nSPS) is 16.1. The Balaban J connectivity index is 1.95. The number of aromatic amines is 1. The van der Waals surface area contributed by atoms with Gasteiger partial charge in [0.15, 0.2) is 5.16 Å². The molecule has 0 saturated heterocycles. The molecule has 130 valence electrons. The van der Waals surface area contributed by atoms with E-state index in [4.69, 9.17) is 0 Å². The van der Waals surface area contributed by atoms with E-state index in [0.717, 1.165) is 11.1 Å². The van der Waals surface area contributed by atoms with Crippen LogP contribution >= 0.6 is 11.8 Å². The van der Waals surface area contributed by atoms with Crippen molar-refractivity contribution < 1.29 is 9.59 Å². The molecule has 3 N–H and O–H groups in total. The van der Waals surface area contributed by atoms with Gasteiger partial charge in [-0.1, -0.05) is 17.8 Å². The Bertz CT molecular complexity index is 923. The number of amides is 2. The Morgan fingerprint density at radius 3 is 2.72 bits per heavy atom. The molecule has 7 nitrogen and oxygen atoms in total. The Morgan fingerprint density at radius 2 is 2.04 bits per heavy atom. The van der Waals surface area contributed by atoms with E-state index < -0.39 is 17.4 Å². The first-order valence-electron chi connectivity index (χ1n) is 7.75. The van der Waals surface area contributed by atoms with Gasteiger partial charge in [0.2, 0.25) is 11.8 Å². The van der Waals surface area contributed by atoms with Crippen molar-refractivity contribution in [2.24, 2.45) is 0 Å². The van der Waals surface area contributed by atoms with E-state index in [-0.39, 0.29) is 23.7 Å². The van der Waals surface area contributed by atoms with Gasteiger partial charge < -0.3 is 15.6 Å². The lowest BCUT2D eigenvalue weighted by Crippen LogP contribution is -2.36. The SMILES string of the molecule is CSc1nc2c(c(=O)[nH]1)C(C(=O)Nc1ccc(C)c(C)c1)CC(=O)N2. The second-order valence-electron chi connectivity index (χ2n) is 5.93. The summed E-state index contributed by atoms with van der Waals surface area (Å²) < 4.78 is 0. The number of H-pyrrole nitrogens is 1. The molecule has 2 aromatic rings. The molecule has 1 aromatic carbocycles. The van der Waals surface area contributed by atoms with E-state index in [9.17, 15) is 14.4 Å². The molecule has 1 aliphatic rings. The number of thioether (sulfide) groups is 1. The lowest BCUT2D eigenvalue weighted by Gasteiger charge is -2.23. The Morgan fingerprint density at radius 1 is 1.28 bits per heavy atom. The number of nitrogens with one attached hydrogen (secondary N) is 3. The Labute approximate surface area is 148 Å². The summed E-state index contributed by atoms with van der Waals surface area (Å²) in [5.41, 5.74) is 2.58. The van der Waals surface area contributed by atoms with Crippen LogP contribution in [0, 0.1) is 13.8 Å². The van der Waals surface area contributed by atoms with Crippen molar-refractivity contribution in [1.82, 2.24) is 9.97 Å². The summed E-state index contributed by atoms with van der Waals surface area (Å²) in [6, 6.07) is 5.56. The average molecular weight is 358 g/mol. The number of benzene rings is 1. The van der Waals surface area contributed by atoms with Gasteiger partial charge in [0.05, 0.1) is 11.5 Å². The van der Waals surface area contributed by atoms with E-state index in [1.165, 1.54) is 11.8 Å². The van der Waals surface area contributed by atoms with Crippen LogP contribution < -0.4 is 16.2 Å².